The molecular formula is C24H21N5O7S2. The molecule has 1 saturated heterocycles. The number of ether oxygens (including phenoxy) is 1. The Morgan fingerprint density at radius 2 is 1.89 bits per heavy atom. The Morgan fingerprint density at radius 3 is 2.58 bits per heavy atom. The number of benzene rings is 2. The zero-order chi connectivity index (χ0) is 26.9. The predicted molar refractivity (Wildman–Crippen MR) is 140 cm³/mol. The number of carbonyl (C=O) groups is 1. The standard InChI is InChI=1S/C24H21N5O7S2/c1-16-2-8-20-21(14-16)37-24(26-20)28(25-15-18-5-9-22(36-18)29(31)32)23(30)17-3-6-19(7-4-17)38(33,34)27-10-12-35-13-11-27/h2-9,14-15H,10-13H2,1H3/b25-15+. The zero-order valence-corrected chi connectivity index (χ0v) is 21.6. The van der Waals surface area contributed by atoms with Gasteiger partial charge in [-0.2, -0.15) is 14.4 Å². The van der Waals surface area contributed by atoms with Gasteiger partial charge in [-0.05, 0) is 55.0 Å². The number of nitrogens with zero attached hydrogens (tertiary/aromatic N) is 5. The van der Waals surface area contributed by atoms with Crippen LogP contribution in [0.4, 0.5) is 11.0 Å². The SMILES string of the molecule is Cc1ccc2nc(N(/N=C/c3ccc([N+](=O)[O-])o3)C(=O)c3ccc(S(=O)(=O)N4CCOCC4)cc3)sc2c1. The van der Waals surface area contributed by atoms with Crippen molar-refractivity contribution in [3.8, 4) is 0 Å². The number of hydrogen-bond donors (Lipinski definition) is 0. The van der Waals surface area contributed by atoms with Crippen LogP contribution < -0.4 is 5.01 Å². The number of sulfonamides is 1. The van der Waals surface area contributed by atoms with Crippen molar-refractivity contribution in [2.24, 2.45) is 5.10 Å². The second kappa shape index (κ2) is 10.4. The van der Waals surface area contributed by atoms with Crippen LogP contribution in [0.3, 0.4) is 0 Å². The number of aromatic nitrogens is 1. The molecule has 14 heteroatoms. The zero-order valence-electron chi connectivity index (χ0n) is 20.0. The van der Waals surface area contributed by atoms with Gasteiger partial charge in [0.2, 0.25) is 15.2 Å². The molecule has 2 aromatic carbocycles. The van der Waals surface area contributed by atoms with Crippen molar-refractivity contribution >= 4 is 54.7 Å². The molecule has 12 nitrogen and oxygen atoms in total. The molecule has 1 aliphatic heterocycles. The molecule has 0 radical (unpaired) electrons. The van der Waals surface area contributed by atoms with E-state index in [1.807, 2.05) is 25.1 Å². The van der Waals surface area contributed by atoms with Crippen molar-refractivity contribution in [1.29, 1.82) is 0 Å². The van der Waals surface area contributed by atoms with Crippen LogP contribution in [0.15, 0.2) is 69.0 Å². The Labute approximate surface area is 221 Å². The highest BCUT2D eigenvalue weighted by molar-refractivity contribution is 7.89. The summed E-state index contributed by atoms with van der Waals surface area (Å²) in [6.07, 6.45) is 1.18. The summed E-state index contributed by atoms with van der Waals surface area (Å²) < 4.78 is 38.4. The fraction of sp³-hybridized carbons (Fsp3) is 0.208. The number of aryl methyl sites for hydroxylation is 1. The van der Waals surface area contributed by atoms with E-state index in [-0.39, 0.29) is 34.4 Å². The fourth-order valence-corrected chi connectivity index (χ4v) is 6.18. The van der Waals surface area contributed by atoms with E-state index in [0.29, 0.717) is 18.7 Å². The minimum absolute atomic E-state index is 0.0596. The van der Waals surface area contributed by atoms with Crippen LogP contribution in [0.1, 0.15) is 21.7 Å². The van der Waals surface area contributed by atoms with Crippen molar-refractivity contribution in [3.05, 3.63) is 81.6 Å². The number of anilines is 1. The third kappa shape index (κ3) is 5.19. The van der Waals surface area contributed by atoms with Gasteiger partial charge in [0.1, 0.15) is 4.92 Å². The monoisotopic (exact) mass is 555 g/mol. The molecule has 0 saturated carbocycles. The lowest BCUT2D eigenvalue weighted by Gasteiger charge is -2.26. The van der Waals surface area contributed by atoms with Gasteiger partial charge in [0.05, 0.1) is 40.6 Å². The van der Waals surface area contributed by atoms with Gasteiger partial charge >= 0.3 is 5.88 Å². The highest BCUT2D eigenvalue weighted by Crippen LogP contribution is 2.31. The molecule has 196 valence electrons. The van der Waals surface area contributed by atoms with E-state index in [0.717, 1.165) is 15.3 Å². The van der Waals surface area contributed by atoms with Crippen LogP contribution in [0.5, 0.6) is 0 Å². The Balaban J connectivity index is 1.47. The van der Waals surface area contributed by atoms with Crippen molar-refractivity contribution in [2.75, 3.05) is 31.3 Å². The quantitative estimate of drug-likeness (QED) is 0.190. The maximum atomic E-state index is 13.6. The maximum Gasteiger partial charge on any atom is 0.433 e. The molecule has 38 heavy (non-hydrogen) atoms. The molecule has 1 aliphatic rings. The van der Waals surface area contributed by atoms with Crippen molar-refractivity contribution in [1.82, 2.24) is 9.29 Å². The van der Waals surface area contributed by atoms with Gasteiger partial charge in [0, 0.05) is 18.7 Å². The average Bonchev–Trinajstić information content (AvgIpc) is 3.56. The second-order valence-corrected chi connectivity index (χ2v) is 11.3. The second-order valence-electron chi connectivity index (χ2n) is 8.30. The minimum Gasteiger partial charge on any atom is -0.400 e. The van der Waals surface area contributed by atoms with E-state index < -0.39 is 26.7 Å². The molecule has 4 aromatic rings. The first-order valence-corrected chi connectivity index (χ1v) is 13.7. The van der Waals surface area contributed by atoms with Crippen molar-refractivity contribution < 1.29 is 27.3 Å². The number of nitro groups is 1. The largest absolute Gasteiger partial charge is 0.433 e. The number of morpholine rings is 1. The summed E-state index contributed by atoms with van der Waals surface area (Å²) in [4.78, 5) is 28.4. The molecular weight excluding hydrogens is 534 g/mol. The summed E-state index contributed by atoms with van der Waals surface area (Å²) >= 11 is 1.24. The van der Waals surface area contributed by atoms with Crippen LogP contribution in [0.2, 0.25) is 0 Å². The van der Waals surface area contributed by atoms with Crippen molar-refractivity contribution in [2.45, 2.75) is 11.8 Å². The fourth-order valence-electron chi connectivity index (χ4n) is 3.75. The summed E-state index contributed by atoms with van der Waals surface area (Å²) in [5, 5.41) is 16.5. The van der Waals surface area contributed by atoms with Gasteiger partial charge < -0.3 is 9.15 Å². The number of thiazole rings is 1. The van der Waals surface area contributed by atoms with Crippen LogP contribution >= 0.6 is 11.3 Å². The van der Waals surface area contributed by atoms with E-state index in [9.17, 15) is 23.3 Å². The highest BCUT2D eigenvalue weighted by Gasteiger charge is 2.27. The number of carbonyl (C=O) groups excluding carboxylic acids is 1. The Bertz CT molecular complexity index is 1640. The third-order valence-electron chi connectivity index (χ3n) is 5.71. The lowest BCUT2D eigenvalue weighted by atomic mass is 10.2. The number of furan rings is 1. The molecule has 1 fully saturated rings. The van der Waals surface area contributed by atoms with E-state index in [4.69, 9.17) is 9.15 Å². The molecule has 0 aliphatic carbocycles. The summed E-state index contributed by atoms with van der Waals surface area (Å²) in [5.41, 5.74) is 1.86. The van der Waals surface area contributed by atoms with Gasteiger partial charge in [-0.25, -0.2) is 13.4 Å². The Hall–Kier alpha value is -3.98. The first-order chi connectivity index (χ1) is 18.2. The lowest BCUT2D eigenvalue weighted by Crippen LogP contribution is -2.40. The van der Waals surface area contributed by atoms with Gasteiger partial charge in [-0.15, -0.1) is 0 Å². The number of hydrazone groups is 1. The minimum atomic E-state index is -3.73. The molecule has 0 atom stereocenters. The Morgan fingerprint density at radius 1 is 1.16 bits per heavy atom. The molecule has 2 aromatic heterocycles. The first kappa shape index (κ1) is 25.7. The van der Waals surface area contributed by atoms with Crippen molar-refractivity contribution in [3.63, 3.8) is 0 Å². The number of fused-ring (bicyclic) bond motifs is 1. The van der Waals surface area contributed by atoms with Gasteiger partial charge in [0.25, 0.3) is 5.91 Å². The summed E-state index contributed by atoms with van der Waals surface area (Å²) in [6.45, 7) is 3.10. The smallest absolute Gasteiger partial charge is 0.400 e. The van der Waals surface area contributed by atoms with Crippen LogP contribution in [0.25, 0.3) is 10.2 Å². The molecule has 0 unspecified atom stereocenters. The Kier molecular flexibility index (Phi) is 7.03. The molecule has 0 N–H and O–H groups in total. The van der Waals surface area contributed by atoms with Crippen LogP contribution in [0, 0.1) is 17.0 Å². The number of hydrogen-bond acceptors (Lipinski definition) is 10. The van der Waals surface area contributed by atoms with E-state index in [1.54, 1.807) is 0 Å². The molecule has 0 spiro atoms. The predicted octanol–water partition coefficient (Wildman–Crippen LogP) is 3.81. The number of rotatable bonds is 7. The first-order valence-electron chi connectivity index (χ1n) is 11.4. The van der Waals surface area contributed by atoms with E-state index in [1.165, 1.54) is 58.3 Å². The normalized spacial score (nSPS) is 14.8. The molecule has 0 bridgehead atoms. The molecule has 3 heterocycles. The topological polar surface area (TPSA) is 148 Å². The average molecular weight is 556 g/mol. The third-order valence-corrected chi connectivity index (χ3v) is 8.61. The maximum absolute atomic E-state index is 13.6. The van der Waals surface area contributed by atoms with Crippen LogP contribution in [-0.4, -0.2) is 61.1 Å². The van der Waals surface area contributed by atoms with Gasteiger partial charge in [0.15, 0.2) is 5.76 Å². The number of amides is 1. The lowest BCUT2D eigenvalue weighted by molar-refractivity contribution is -0.402. The summed E-state index contributed by atoms with van der Waals surface area (Å²) in [7, 11) is -3.73. The highest BCUT2D eigenvalue weighted by atomic mass is 32.2. The van der Waals surface area contributed by atoms with E-state index >= 15 is 0 Å². The molecule has 5 rings (SSSR count). The van der Waals surface area contributed by atoms with Crippen LogP contribution in [-0.2, 0) is 14.8 Å². The van der Waals surface area contributed by atoms with E-state index in [2.05, 4.69) is 10.1 Å². The van der Waals surface area contributed by atoms with Gasteiger partial charge in [-0.1, -0.05) is 17.4 Å². The van der Waals surface area contributed by atoms with Gasteiger partial charge in [-0.3, -0.25) is 14.9 Å². The molecule has 1 amide bonds. The summed E-state index contributed by atoms with van der Waals surface area (Å²) in [6, 6.07) is 13.8. The summed E-state index contributed by atoms with van der Waals surface area (Å²) in [5.74, 6) is -0.969.